The van der Waals surface area contributed by atoms with E-state index >= 15 is 0 Å². The zero-order valence-electron chi connectivity index (χ0n) is 21.8. The van der Waals surface area contributed by atoms with Gasteiger partial charge in [-0.25, -0.2) is 15.0 Å². The zero-order valence-corrected chi connectivity index (χ0v) is 21.8. The van der Waals surface area contributed by atoms with Crippen molar-refractivity contribution in [3.8, 4) is 11.3 Å². The highest BCUT2D eigenvalue weighted by molar-refractivity contribution is 6.06. The minimum Gasteiger partial charge on any atom is -0.370 e. The van der Waals surface area contributed by atoms with E-state index in [0.29, 0.717) is 30.9 Å². The van der Waals surface area contributed by atoms with Crippen molar-refractivity contribution in [3.05, 3.63) is 72.3 Å². The normalized spacial score (nSPS) is 14.9. The van der Waals surface area contributed by atoms with Gasteiger partial charge in [-0.05, 0) is 42.0 Å². The Kier molecular flexibility index (Phi) is 7.26. The molecule has 0 aliphatic carbocycles. The van der Waals surface area contributed by atoms with Crippen LogP contribution in [0.1, 0.15) is 48.5 Å². The van der Waals surface area contributed by atoms with E-state index in [2.05, 4.69) is 50.5 Å². The van der Waals surface area contributed by atoms with Gasteiger partial charge in [0.05, 0.1) is 16.8 Å². The molecule has 0 radical (unpaired) electrons. The van der Waals surface area contributed by atoms with Crippen LogP contribution in [0.4, 0.5) is 11.6 Å². The monoisotopic (exact) mass is 509 g/mol. The average molecular weight is 510 g/mol. The Balaban J connectivity index is 1.31. The van der Waals surface area contributed by atoms with Gasteiger partial charge in [0, 0.05) is 56.0 Å². The van der Waals surface area contributed by atoms with Crippen molar-refractivity contribution in [2.75, 3.05) is 30.4 Å². The lowest BCUT2D eigenvalue weighted by atomic mass is 9.87. The molecule has 1 aliphatic heterocycles. The number of nitrogens with one attached hydrogen (secondary N) is 2. The maximum absolute atomic E-state index is 12.3. The number of benzene rings is 1. The third kappa shape index (κ3) is 5.04. The molecule has 3 aromatic heterocycles. The van der Waals surface area contributed by atoms with Crippen molar-refractivity contribution in [1.29, 1.82) is 0 Å². The van der Waals surface area contributed by atoms with Crippen LogP contribution in [0.3, 0.4) is 0 Å². The standard InChI is InChI=1S/C29H31N7O2/c1-18(19(2)21-6-4-7-22-23(29(38)30-3)10-12-32-28(21)22)16-33-25-15-24(34-17-35-25)20-9-11-31-26(14-20)36-13-5-8-27(36)37/h4,6-7,9-12,14-15,17-19H,5,8,13,16H2,1-3H3,(H,30,38)(H,33,34,35)/t18-,19?/m1/s1. The predicted molar refractivity (Wildman–Crippen MR) is 148 cm³/mol. The van der Waals surface area contributed by atoms with E-state index in [9.17, 15) is 9.59 Å². The molecule has 0 spiro atoms. The third-order valence-corrected chi connectivity index (χ3v) is 7.28. The summed E-state index contributed by atoms with van der Waals surface area (Å²) in [6.45, 7) is 5.75. The SMILES string of the molecule is CNC(=O)c1ccnc2c(C(C)[C@H](C)CNc3cc(-c4ccnc(N5CCCC5=O)c4)ncn3)cccc12. The number of hydrogen-bond donors (Lipinski definition) is 2. The highest BCUT2D eigenvalue weighted by Crippen LogP contribution is 2.31. The molecule has 2 N–H and O–H groups in total. The largest absolute Gasteiger partial charge is 0.370 e. The summed E-state index contributed by atoms with van der Waals surface area (Å²) in [7, 11) is 1.63. The summed E-state index contributed by atoms with van der Waals surface area (Å²) in [6, 6.07) is 13.5. The zero-order chi connectivity index (χ0) is 26.6. The first-order valence-corrected chi connectivity index (χ1v) is 12.9. The highest BCUT2D eigenvalue weighted by Gasteiger charge is 2.23. The molecular weight excluding hydrogens is 478 g/mol. The molecule has 1 unspecified atom stereocenters. The van der Waals surface area contributed by atoms with Crippen molar-refractivity contribution < 1.29 is 9.59 Å². The fourth-order valence-electron chi connectivity index (χ4n) is 4.88. The summed E-state index contributed by atoms with van der Waals surface area (Å²) in [4.78, 5) is 44.1. The van der Waals surface area contributed by atoms with E-state index in [-0.39, 0.29) is 23.7 Å². The molecule has 1 aliphatic rings. The molecule has 4 heterocycles. The quantitative estimate of drug-likeness (QED) is 0.361. The average Bonchev–Trinajstić information content (AvgIpc) is 3.40. The van der Waals surface area contributed by atoms with Crippen molar-refractivity contribution >= 4 is 34.4 Å². The Hall–Kier alpha value is -4.40. The Morgan fingerprint density at radius 2 is 1.89 bits per heavy atom. The lowest BCUT2D eigenvalue weighted by molar-refractivity contribution is -0.117. The minimum absolute atomic E-state index is 0.106. The molecule has 2 atom stereocenters. The van der Waals surface area contributed by atoms with Gasteiger partial charge in [0.2, 0.25) is 5.91 Å². The van der Waals surface area contributed by atoms with Crippen LogP contribution < -0.4 is 15.5 Å². The second kappa shape index (κ2) is 10.9. The van der Waals surface area contributed by atoms with E-state index in [1.807, 2.05) is 30.3 Å². The van der Waals surface area contributed by atoms with Crippen LogP contribution >= 0.6 is 0 Å². The first-order valence-electron chi connectivity index (χ1n) is 12.9. The van der Waals surface area contributed by atoms with Crippen molar-refractivity contribution in [2.45, 2.75) is 32.6 Å². The van der Waals surface area contributed by atoms with Gasteiger partial charge in [0.15, 0.2) is 0 Å². The van der Waals surface area contributed by atoms with E-state index in [1.54, 1.807) is 36.7 Å². The number of amides is 2. The molecular formula is C29H31N7O2. The van der Waals surface area contributed by atoms with Crippen LogP contribution in [0.15, 0.2) is 61.2 Å². The molecule has 4 aromatic rings. The first kappa shape index (κ1) is 25.3. The van der Waals surface area contributed by atoms with Crippen molar-refractivity contribution in [2.24, 2.45) is 5.92 Å². The molecule has 2 amide bonds. The minimum atomic E-state index is -0.121. The summed E-state index contributed by atoms with van der Waals surface area (Å²) in [5.74, 6) is 1.80. The smallest absolute Gasteiger partial charge is 0.251 e. The summed E-state index contributed by atoms with van der Waals surface area (Å²) in [5.41, 5.74) is 4.22. The first-order chi connectivity index (χ1) is 18.5. The molecule has 38 heavy (non-hydrogen) atoms. The highest BCUT2D eigenvalue weighted by atomic mass is 16.2. The number of fused-ring (bicyclic) bond motifs is 1. The number of anilines is 2. The Morgan fingerprint density at radius 3 is 2.68 bits per heavy atom. The van der Waals surface area contributed by atoms with Gasteiger partial charge in [-0.2, -0.15) is 0 Å². The lowest BCUT2D eigenvalue weighted by Gasteiger charge is -2.22. The molecule has 0 saturated carbocycles. The molecule has 1 fully saturated rings. The van der Waals surface area contributed by atoms with Crippen LogP contribution in [0.5, 0.6) is 0 Å². The van der Waals surface area contributed by atoms with Gasteiger partial charge in [0.1, 0.15) is 18.0 Å². The van der Waals surface area contributed by atoms with Crippen LogP contribution in [-0.4, -0.2) is 51.9 Å². The number of carbonyl (C=O) groups is 2. The van der Waals surface area contributed by atoms with E-state index in [4.69, 9.17) is 0 Å². The second-order valence-corrected chi connectivity index (χ2v) is 9.67. The molecule has 1 aromatic carbocycles. The van der Waals surface area contributed by atoms with Gasteiger partial charge >= 0.3 is 0 Å². The van der Waals surface area contributed by atoms with E-state index in [1.165, 1.54) is 0 Å². The maximum atomic E-state index is 12.3. The van der Waals surface area contributed by atoms with Gasteiger partial charge < -0.3 is 10.6 Å². The van der Waals surface area contributed by atoms with Gasteiger partial charge in [0.25, 0.3) is 5.91 Å². The van der Waals surface area contributed by atoms with Gasteiger partial charge in [-0.15, -0.1) is 0 Å². The number of pyridine rings is 2. The van der Waals surface area contributed by atoms with Gasteiger partial charge in [-0.3, -0.25) is 19.5 Å². The second-order valence-electron chi connectivity index (χ2n) is 9.67. The predicted octanol–water partition coefficient (Wildman–Crippen LogP) is 4.42. The number of carbonyl (C=O) groups excluding carboxylic acids is 2. The van der Waals surface area contributed by atoms with Crippen LogP contribution in [-0.2, 0) is 4.79 Å². The summed E-state index contributed by atoms with van der Waals surface area (Å²) < 4.78 is 0. The van der Waals surface area contributed by atoms with Crippen molar-refractivity contribution in [3.63, 3.8) is 0 Å². The number of rotatable bonds is 8. The van der Waals surface area contributed by atoms with Gasteiger partial charge in [-0.1, -0.05) is 32.0 Å². The molecule has 9 nitrogen and oxygen atoms in total. The molecule has 9 heteroatoms. The Bertz CT molecular complexity index is 1490. The van der Waals surface area contributed by atoms with E-state index in [0.717, 1.165) is 40.0 Å². The number of hydrogen-bond acceptors (Lipinski definition) is 7. The lowest BCUT2D eigenvalue weighted by Crippen LogP contribution is -2.24. The fourth-order valence-corrected chi connectivity index (χ4v) is 4.88. The number of para-hydroxylation sites is 1. The number of aromatic nitrogens is 4. The Morgan fingerprint density at radius 1 is 1.05 bits per heavy atom. The summed E-state index contributed by atoms with van der Waals surface area (Å²) in [5, 5.41) is 7.01. The molecule has 1 saturated heterocycles. The Labute approximate surface area is 221 Å². The fraction of sp³-hybridized carbons (Fsp3) is 0.310. The molecule has 0 bridgehead atoms. The third-order valence-electron chi connectivity index (χ3n) is 7.28. The number of nitrogens with zero attached hydrogens (tertiary/aromatic N) is 5. The van der Waals surface area contributed by atoms with Crippen molar-refractivity contribution in [1.82, 2.24) is 25.3 Å². The van der Waals surface area contributed by atoms with E-state index < -0.39 is 0 Å². The molecule has 5 rings (SSSR count). The van der Waals surface area contributed by atoms with Crippen LogP contribution in [0, 0.1) is 5.92 Å². The maximum Gasteiger partial charge on any atom is 0.251 e. The summed E-state index contributed by atoms with van der Waals surface area (Å²) in [6.07, 6.45) is 6.37. The molecule has 194 valence electrons. The topological polar surface area (TPSA) is 113 Å². The van der Waals surface area contributed by atoms with Crippen LogP contribution in [0.2, 0.25) is 0 Å². The summed E-state index contributed by atoms with van der Waals surface area (Å²) >= 11 is 0. The van der Waals surface area contributed by atoms with Crippen LogP contribution in [0.25, 0.3) is 22.2 Å².